The van der Waals surface area contributed by atoms with Crippen LogP contribution in [0.5, 0.6) is 0 Å². The highest BCUT2D eigenvalue weighted by atomic mass is 32.2. The number of fused-ring (bicyclic) bond motifs is 3. The monoisotopic (exact) mass is 363 g/mol. The Morgan fingerprint density at radius 1 is 1.04 bits per heavy atom. The maximum absolute atomic E-state index is 12.6. The minimum atomic E-state index is -3.48. The van der Waals surface area contributed by atoms with Crippen molar-refractivity contribution in [3.63, 3.8) is 0 Å². The van der Waals surface area contributed by atoms with Gasteiger partial charge in [-0.25, -0.2) is 18.1 Å². The first-order chi connectivity index (χ1) is 12.6. The van der Waals surface area contributed by atoms with Gasteiger partial charge in [-0.05, 0) is 54.3 Å². The number of pyridine rings is 1. The highest BCUT2D eigenvalue weighted by Crippen LogP contribution is 2.34. The smallest absolute Gasteiger partial charge is 0.240 e. The summed E-state index contributed by atoms with van der Waals surface area (Å²) in [6, 6.07) is 17.1. The van der Waals surface area contributed by atoms with Gasteiger partial charge in [0.05, 0.1) is 4.90 Å². The maximum Gasteiger partial charge on any atom is 0.240 e. The molecule has 2 N–H and O–H groups in total. The lowest BCUT2D eigenvalue weighted by Crippen LogP contribution is -2.25. The lowest BCUT2D eigenvalue weighted by molar-refractivity contribution is 0.581. The molecular formula is C20H17N3O2S. The molecule has 1 saturated carbocycles. The Labute approximate surface area is 151 Å². The fourth-order valence-electron chi connectivity index (χ4n) is 3.34. The fourth-order valence-corrected chi connectivity index (χ4v) is 4.69. The van der Waals surface area contributed by atoms with E-state index in [0.717, 1.165) is 45.9 Å². The van der Waals surface area contributed by atoms with Gasteiger partial charge in [0.15, 0.2) is 0 Å². The lowest BCUT2D eigenvalue weighted by atomic mass is 10.00. The predicted octanol–water partition coefficient (Wildman–Crippen LogP) is 3.82. The van der Waals surface area contributed by atoms with Crippen molar-refractivity contribution in [1.82, 2.24) is 14.7 Å². The molecule has 0 bridgehead atoms. The van der Waals surface area contributed by atoms with Crippen LogP contribution in [0.3, 0.4) is 0 Å². The van der Waals surface area contributed by atoms with Crippen molar-refractivity contribution in [2.24, 2.45) is 0 Å². The molecular weight excluding hydrogens is 346 g/mol. The average molecular weight is 363 g/mol. The molecule has 0 spiro atoms. The number of sulfonamides is 1. The van der Waals surface area contributed by atoms with Gasteiger partial charge in [0, 0.05) is 28.5 Å². The Morgan fingerprint density at radius 2 is 1.88 bits per heavy atom. The zero-order chi connectivity index (χ0) is 17.7. The van der Waals surface area contributed by atoms with E-state index in [0.29, 0.717) is 4.90 Å². The number of hydrogen-bond acceptors (Lipinski definition) is 3. The van der Waals surface area contributed by atoms with Gasteiger partial charge in [0.1, 0.15) is 5.65 Å². The number of H-pyrrole nitrogens is 1. The quantitative estimate of drug-likeness (QED) is 0.579. The number of rotatable bonds is 4. The van der Waals surface area contributed by atoms with Crippen LogP contribution in [-0.4, -0.2) is 24.4 Å². The third-order valence-corrected chi connectivity index (χ3v) is 6.27. The van der Waals surface area contributed by atoms with Crippen LogP contribution in [0, 0.1) is 0 Å². The number of nitrogens with one attached hydrogen (secondary N) is 2. The molecule has 1 aliphatic rings. The summed E-state index contributed by atoms with van der Waals surface area (Å²) < 4.78 is 27.9. The summed E-state index contributed by atoms with van der Waals surface area (Å²) >= 11 is 0. The van der Waals surface area contributed by atoms with Gasteiger partial charge < -0.3 is 4.98 Å². The Morgan fingerprint density at radius 3 is 2.73 bits per heavy atom. The summed E-state index contributed by atoms with van der Waals surface area (Å²) in [4.78, 5) is 8.02. The zero-order valence-corrected chi connectivity index (χ0v) is 14.8. The number of aromatic nitrogens is 2. The molecule has 0 saturated heterocycles. The SMILES string of the molecule is O=S(=O)(NC1CC1)c1cccc(-c2cccc3[nH]c4ncccc4c23)c1. The van der Waals surface area contributed by atoms with Crippen LogP contribution in [0.25, 0.3) is 33.1 Å². The first kappa shape index (κ1) is 15.5. The standard InChI is InChI=1S/C20H17N3O2S/c24-26(25,23-14-9-10-14)15-5-1-4-13(12-15)16-6-2-8-18-19(16)17-7-3-11-21-20(17)22-18/h1-8,11-12,14,23H,9-10H2,(H,21,22). The molecule has 1 aliphatic carbocycles. The third-order valence-electron chi connectivity index (χ3n) is 4.75. The van der Waals surface area contributed by atoms with Gasteiger partial charge in [0.2, 0.25) is 10.0 Å². The number of nitrogens with zero attached hydrogens (tertiary/aromatic N) is 1. The van der Waals surface area contributed by atoms with Gasteiger partial charge in [-0.3, -0.25) is 0 Å². The molecule has 2 aromatic heterocycles. The molecule has 0 unspecified atom stereocenters. The summed E-state index contributed by atoms with van der Waals surface area (Å²) in [5.74, 6) is 0. The molecule has 2 heterocycles. The fraction of sp³-hybridized carbons (Fsp3) is 0.150. The van der Waals surface area contributed by atoms with Crippen molar-refractivity contribution in [1.29, 1.82) is 0 Å². The third kappa shape index (κ3) is 2.58. The molecule has 6 heteroatoms. The molecule has 130 valence electrons. The molecule has 2 aromatic carbocycles. The van der Waals surface area contributed by atoms with E-state index in [2.05, 4.69) is 14.7 Å². The van der Waals surface area contributed by atoms with Crippen LogP contribution in [-0.2, 0) is 10.0 Å². The van der Waals surface area contributed by atoms with Crippen molar-refractivity contribution in [3.05, 3.63) is 60.8 Å². The van der Waals surface area contributed by atoms with Gasteiger partial charge in [0.25, 0.3) is 0 Å². The molecule has 5 nitrogen and oxygen atoms in total. The predicted molar refractivity (Wildman–Crippen MR) is 102 cm³/mol. The molecule has 4 aromatic rings. The summed E-state index contributed by atoms with van der Waals surface area (Å²) in [5.41, 5.74) is 3.68. The molecule has 1 fully saturated rings. The Kier molecular flexibility index (Phi) is 3.38. The van der Waals surface area contributed by atoms with E-state index in [9.17, 15) is 8.42 Å². The van der Waals surface area contributed by atoms with E-state index in [1.54, 1.807) is 24.4 Å². The molecule has 5 rings (SSSR count). The highest BCUT2D eigenvalue weighted by Gasteiger charge is 2.28. The number of aromatic amines is 1. The molecule has 0 atom stereocenters. The summed E-state index contributed by atoms with van der Waals surface area (Å²) in [6.45, 7) is 0. The van der Waals surface area contributed by atoms with Crippen molar-refractivity contribution in [2.75, 3.05) is 0 Å². The normalized spacial score (nSPS) is 14.9. The first-order valence-corrected chi connectivity index (χ1v) is 10.1. The van der Waals surface area contributed by atoms with Gasteiger partial charge >= 0.3 is 0 Å². The van der Waals surface area contributed by atoms with E-state index in [1.807, 2.05) is 36.4 Å². The molecule has 0 aliphatic heterocycles. The Bertz CT molecular complexity index is 1240. The first-order valence-electron chi connectivity index (χ1n) is 8.60. The van der Waals surface area contributed by atoms with Crippen molar-refractivity contribution in [2.45, 2.75) is 23.8 Å². The van der Waals surface area contributed by atoms with E-state index in [4.69, 9.17) is 0 Å². The van der Waals surface area contributed by atoms with E-state index in [-0.39, 0.29) is 6.04 Å². The maximum atomic E-state index is 12.6. The largest absolute Gasteiger partial charge is 0.339 e. The highest BCUT2D eigenvalue weighted by molar-refractivity contribution is 7.89. The van der Waals surface area contributed by atoms with Crippen molar-refractivity contribution in [3.8, 4) is 11.1 Å². The minimum absolute atomic E-state index is 0.0896. The van der Waals surface area contributed by atoms with Crippen LogP contribution < -0.4 is 4.72 Å². The number of hydrogen-bond donors (Lipinski definition) is 2. The van der Waals surface area contributed by atoms with E-state index < -0.39 is 10.0 Å². The van der Waals surface area contributed by atoms with Crippen LogP contribution in [0.15, 0.2) is 65.7 Å². The summed E-state index contributed by atoms with van der Waals surface area (Å²) in [5, 5.41) is 2.09. The second-order valence-electron chi connectivity index (χ2n) is 6.68. The Balaban J connectivity index is 1.70. The summed E-state index contributed by atoms with van der Waals surface area (Å²) in [6.07, 6.45) is 3.59. The van der Waals surface area contributed by atoms with Crippen LogP contribution in [0.1, 0.15) is 12.8 Å². The lowest BCUT2D eigenvalue weighted by Gasteiger charge is -2.09. The Hall–Kier alpha value is -2.70. The molecule has 0 amide bonds. The number of benzene rings is 2. The second kappa shape index (κ2) is 5.65. The van der Waals surface area contributed by atoms with Crippen LogP contribution >= 0.6 is 0 Å². The van der Waals surface area contributed by atoms with Gasteiger partial charge in [-0.1, -0.05) is 24.3 Å². The second-order valence-corrected chi connectivity index (χ2v) is 8.39. The zero-order valence-electron chi connectivity index (χ0n) is 13.9. The van der Waals surface area contributed by atoms with Gasteiger partial charge in [-0.15, -0.1) is 0 Å². The van der Waals surface area contributed by atoms with Crippen molar-refractivity contribution < 1.29 is 8.42 Å². The van der Waals surface area contributed by atoms with E-state index in [1.165, 1.54) is 0 Å². The summed E-state index contributed by atoms with van der Waals surface area (Å²) in [7, 11) is -3.48. The van der Waals surface area contributed by atoms with Crippen molar-refractivity contribution >= 4 is 32.0 Å². The van der Waals surface area contributed by atoms with Gasteiger partial charge in [-0.2, -0.15) is 0 Å². The van der Waals surface area contributed by atoms with Crippen LogP contribution in [0.2, 0.25) is 0 Å². The molecule has 26 heavy (non-hydrogen) atoms. The topological polar surface area (TPSA) is 74.8 Å². The minimum Gasteiger partial charge on any atom is -0.339 e. The average Bonchev–Trinajstić information content (AvgIpc) is 3.37. The van der Waals surface area contributed by atoms with Crippen LogP contribution in [0.4, 0.5) is 0 Å². The molecule has 0 radical (unpaired) electrons. The van der Waals surface area contributed by atoms with E-state index >= 15 is 0 Å².